The molecule has 1 fully saturated rings. The van der Waals surface area contributed by atoms with Gasteiger partial charge in [0.15, 0.2) is 0 Å². The number of methoxy groups -OCH3 is 1. The van der Waals surface area contributed by atoms with Crippen molar-refractivity contribution in [2.24, 2.45) is 7.05 Å². The van der Waals surface area contributed by atoms with Crippen LogP contribution in [0, 0.1) is 5.82 Å². The molecule has 0 bridgehead atoms. The van der Waals surface area contributed by atoms with Gasteiger partial charge in [0.25, 0.3) is 0 Å². The Hall–Kier alpha value is -3.10. The summed E-state index contributed by atoms with van der Waals surface area (Å²) in [5.41, 5.74) is 8.92. The number of aryl methyl sites for hydroxylation is 1. The number of nitrogen functional groups attached to an aromatic ring is 1. The lowest BCUT2D eigenvalue weighted by Gasteiger charge is -2.34. The van der Waals surface area contributed by atoms with E-state index in [4.69, 9.17) is 26.8 Å². The molecule has 1 aromatic heterocycles. The second-order valence-electron chi connectivity index (χ2n) is 7.32. The maximum atomic E-state index is 14.7. The SMILES string of the molecule is COC(=O)c1cc(N2CCOC(c3cnn(C)c3)C2)cc(-c2ccc(Cl)cc2F)c1N. The third-order valence-electron chi connectivity index (χ3n) is 5.32. The van der Waals surface area contributed by atoms with Crippen molar-refractivity contribution in [1.29, 1.82) is 0 Å². The molecular formula is C22H22ClFN4O3. The molecule has 2 aromatic carbocycles. The number of esters is 1. The van der Waals surface area contributed by atoms with E-state index in [1.54, 1.807) is 35.1 Å². The highest BCUT2D eigenvalue weighted by atomic mass is 35.5. The molecule has 1 aliphatic heterocycles. The van der Waals surface area contributed by atoms with Crippen molar-refractivity contribution in [1.82, 2.24) is 9.78 Å². The zero-order chi connectivity index (χ0) is 22.1. The molecule has 1 saturated heterocycles. The molecule has 1 unspecified atom stereocenters. The predicted octanol–water partition coefficient (Wildman–Crippen LogP) is 3.83. The first-order chi connectivity index (χ1) is 14.9. The van der Waals surface area contributed by atoms with E-state index in [9.17, 15) is 9.18 Å². The average Bonchev–Trinajstić information content (AvgIpc) is 3.20. The normalized spacial score (nSPS) is 16.4. The van der Waals surface area contributed by atoms with E-state index in [1.165, 1.54) is 13.2 Å². The third kappa shape index (κ3) is 4.22. The molecule has 3 aromatic rings. The highest BCUT2D eigenvalue weighted by Gasteiger charge is 2.26. The van der Waals surface area contributed by atoms with E-state index in [0.29, 0.717) is 25.3 Å². The number of carbonyl (C=O) groups excluding carboxylic acids is 1. The standard InChI is InChI=1S/C22H22ClFN4O3/c1-27-11-13(10-26-27)20-12-28(5-6-31-20)15-8-17(16-4-3-14(23)7-19(16)24)21(25)18(9-15)22(29)30-2/h3-4,7-11,20H,5-6,12,25H2,1-2H3. The zero-order valence-electron chi connectivity index (χ0n) is 17.1. The van der Waals surface area contributed by atoms with E-state index in [1.807, 2.05) is 13.2 Å². The Morgan fingerprint density at radius 1 is 1.32 bits per heavy atom. The molecular weight excluding hydrogens is 423 g/mol. The van der Waals surface area contributed by atoms with Crippen molar-refractivity contribution in [3.8, 4) is 11.1 Å². The lowest BCUT2D eigenvalue weighted by molar-refractivity contribution is 0.0397. The van der Waals surface area contributed by atoms with Crippen LogP contribution in [0.25, 0.3) is 11.1 Å². The minimum Gasteiger partial charge on any atom is -0.465 e. The molecule has 9 heteroatoms. The highest BCUT2D eigenvalue weighted by Crippen LogP contribution is 2.37. The Morgan fingerprint density at radius 2 is 2.13 bits per heavy atom. The molecule has 0 amide bonds. The number of ether oxygens (including phenoxy) is 2. The summed E-state index contributed by atoms with van der Waals surface area (Å²) in [4.78, 5) is 14.5. The van der Waals surface area contributed by atoms with Gasteiger partial charge in [-0.3, -0.25) is 4.68 Å². The molecule has 1 atom stereocenters. The monoisotopic (exact) mass is 444 g/mol. The summed E-state index contributed by atoms with van der Waals surface area (Å²) in [5, 5.41) is 4.48. The zero-order valence-corrected chi connectivity index (χ0v) is 17.9. The van der Waals surface area contributed by atoms with Gasteiger partial charge in [-0.15, -0.1) is 0 Å². The number of nitrogens with two attached hydrogens (primary N) is 1. The maximum absolute atomic E-state index is 14.7. The van der Waals surface area contributed by atoms with Crippen molar-refractivity contribution >= 4 is 28.9 Å². The molecule has 162 valence electrons. The molecule has 2 N–H and O–H groups in total. The van der Waals surface area contributed by atoms with Gasteiger partial charge in [0.2, 0.25) is 0 Å². The van der Waals surface area contributed by atoms with Gasteiger partial charge in [0.1, 0.15) is 11.9 Å². The van der Waals surface area contributed by atoms with E-state index in [2.05, 4.69) is 10.00 Å². The molecule has 0 radical (unpaired) electrons. The lowest BCUT2D eigenvalue weighted by Crippen LogP contribution is -2.38. The number of hydrogen-bond donors (Lipinski definition) is 1. The van der Waals surface area contributed by atoms with Crippen LogP contribution in [0.2, 0.25) is 5.02 Å². The summed E-state index contributed by atoms with van der Waals surface area (Å²) in [6, 6.07) is 7.79. The number of morpholine rings is 1. The number of hydrogen-bond acceptors (Lipinski definition) is 6. The van der Waals surface area contributed by atoms with Gasteiger partial charge >= 0.3 is 5.97 Å². The van der Waals surface area contributed by atoms with Crippen LogP contribution in [0.5, 0.6) is 0 Å². The fraction of sp³-hybridized carbons (Fsp3) is 0.273. The average molecular weight is 445 g/mol. The van der Waals surface area contributed by atoms with Crippen LogP contribution in [-0.2, 0) is 16.5 Å². The summed E-state index contributed by atoms with van der Waals surface area (Å²) in [5.74, 6) is -1.12. The second kappa shape index (κ2) is 8.56. The molecule has 0 spiro atoms. The van der Waals surface area contributed by atoms with E-state index >= 15 is 0 Å². The van der Waals surface area contributed by atoms with E-state index in [-0.39, 0.29) is 27.9 Å². The Bertz CT molecular complexity index is 1130. The van der Waals surface area contributed by atoms with Gasteiger partial charge in [0, 0.05) is 53.7 Å². The van der Waals surface area contributed by atoms with Crippen molar-refractivity contribution in [3.05, 3.63) is 64.7 Å². The number of halogens is 2. The topological polar surface area (TPSA) is 82.6 Å². The van der Waals surface area contributed by atoms with Crippen molar-refractivity contribution < 1.29 is 18.7 Å². The minimum absolute atomic E-state index is 0.147. The fourth-order valence-corrected chi connectivity index (χ4v) is 3.88. The van der Waals surface area contributed by atoms with Crippen LogP contribution in [-0.4, -0.2) is 42.6 Å². The first-order valence-electron chi connectivity index (χ1n) is 9.69. The summed E-state index contributed by atoms with van der Waals surface area (Å²) in [7, 11) is 3.13. The first-order valence-corrected chi connectivity index (χ1v) is 10.1. The van der Waals surface area contributed by atoms with Crippen molar-refractivity contribution in [2.75, 3.05) is 37.4 Å². The number of carbonyl (C=O) groups is 1. The van der Waals surface area contributed by atoms with Crippen LogP contribution in [0.3, 0.4) is 0 Å². The third-order valence-corrected chi connectivity index (χ3v) is 5.55. The van der Waals surface area contributed by atoms with Crippen LogP contribution in [0.15, 0.2) is 42.7 Å². The quantitative estimate of drug-likeness (QED) is 0.486. The van der Waals surface area contributed by atoms with Crippen LogP contribution in [0.1, 0.15) is 22.0 Å². The smallest absolute Gasteiger partial charge is 0.340 e. The maximum Gasteiger partial charge on any atom is 0.340 e. The number of benzene rings is 2. The number of nitrogens with zero attached hydrogens (tertiary/aromatic N) is 3. The summed E-state index contributed by atoms with van der Waals surface area (Å²) >= 11 is 5.90. The van der Waals surface area contributed by atoms with Crippen molar-refractivity contribution in [2.45, 2.75) is 6.10 Å². The first kappa shape index (κ1) is 21.1. The van der Waals surface area contributed by atoms with Gasteiger partial charge in [-0.25, -0.2) is 9.18 Å². The van der Waals surface area contributed by atoms with Gasteiger partial charge in [-0.2, -0.15) is 5.10 Å². The molecule has 7 nitrogen and oxygen atoms in total. The number of anilines is 2. The number of rotatable bonds is 4. The molecule has 2 heterocycles. The van der Waals surface area contributed by atoms with Crippen LogP contribution < -0.4 is 10.6 Å². The Kier molecular flexibility index (Phi) is 5.84. The lowest BCUT2D eigenvalue weighted by atomic mass is 9.97. The molecule has 4 rings (SSSR count). The van der Waals surface area contributed by atoms with Crippen molar-refractivity contribution in [3.63, 3.8) is 0 Å². The molecule has 1 aliphatic rings. The summed E-state index contributed by atoms with van der Waals surface area (Å²) in [6.07, 6.45) is 3.49. The minimum atomic E-state index is -0.591. The van der Waals surface area contributed by atoms with E-state index < -0.39 is 11.8 Å². The molecule has 31 heavy (non-hydrogen) atoms. The van der Waals surface area contributed by atoms with E-state index in [0.717, 1.165) is 11.3 Å². The molecule has 0 aliphatic carbocycles. The van der Waals surface area contributed by atoms with Crippen LogP contribution >= 0.6 is 11.6 Å². The Morgan fingerprint density at radius 3 is 2.81 bits per heavy atom. The van der Waals surface area contributed by atoms with Gasteiger partial charge in [-0.1, -0.05) is 11.6 Å². The predicted molar refractivity (Wildman–Crippen MR) is 117 cm³/mol. The van der Waals surface area contributed by atoms with Gasteiger partial charge in [0.05, 0.1) is 31.2 Å². The Labute approximate surface area is 184 Å². The summed E-state index contributed by atoms with van der Waals surface area (Å²) in [6.45, 7) is 1.63. The fourth-order valence-electron chi connectivity index (χ4n) is 3.72. The number of aromatic nitrogens is 2. The summed E-state index contributed by atoms with van der Waals surface area (Å²) < 4.78 is 27.2. The molecule has 0 saturated carbocycles. The largest absolute Gasteiger partial charge is 0.465 e. The van der Waals surface area contributed by atoms with Gasteiger partial charge < -0.3 is 20.1 Å². The highest BCUT2D eigenvalue weighted by molar-refractivity contribution is 6.30. The Balaban J connectivity index is 1.77. The van der Waals surface area contributed by atoms with Crippen LogP contribution in [0.4, 0.5) is 15.8 Å². The van der Waals surface area contributed by atoms with Gasteiger partial charge in [-0.05, 0) is 30.3 Å². The second-order valence-corrected chi connectivity index (χ2v) is 7.76.